The second-order valence-electron chi connectivity index (χ2n) is 5.42. The van der Waals surface area contributed by atoms with Gasteiger partial charge in [0.1, 0.15) is 0 Å². The lowest BCUT2D eigenvalue weighted by atomic mass is 10.2. The Balaban J connectivity index is 1.86. The third-order valence-corrected chi connectivity index (χ3v) is 3.99. The molecule has 23 heavy (non-hydrogen) atoms. The van der Waals surface area contributed by atoms with E-state index in [1.807, 2.05) is 42.2 Å². The molecule has 0 N–H and O–H groups in total. The fraction of sp³-hybridized carbons (Fsp3) is 0.529. The SMILES string of the molecule is CCOC(=O)N1CCN(C(=O)CN(CC)c2ccccc2)CC1. The number of hydrogen-bond acceptors (Lipinski definition) is 4. The van der Waals surface area contributed by atoms with Crippen LogP contribution >= 0.6 is 0 Å². The predicted octanol–water partition coefficient (Wildman–Crippen LogP) is 1.81. The number of rotatable bonds is 5. The lowest BCUT2D eigenvalue weighted by Gasteiger charge is -2.35. The highest BCUT2D eigenvalue weighted by Crippen LogP contribution is 2.13. The summed E-state index contributed by atoms with van der Waals surface area (Å²) in [5, 5.41) is 0. The van der Waals surface area contributed by atoms with Gasteiger partial charge in [0.25, 0.3) is 0 Å². The second kappa shape index (κ2) is 8.41. The zero-order valence-electron chi connectivity index (χ0n) is 13.9. The smallest absolute Gasteiger partial charge is 0.409 e. The van der Waals surface area contributed by atoms with Crippen molar-refractivity contribution in [3.63, 3.8) is 0 Å². The van der Waals surface area contributed by atoms with E-state index in [0.29, 0.717) is 39.3 Å². The highest BCUT2D eigenvalue weighted by Gasteiger charge is 2.25. The van der Waals surface area contributed by atoms with Gasteiger partial charge in [-0.15, -0.1) is 0 Å². The minimum absolute atomic E-state index is 0.0965. The van der Waals surface area contributed by atoms with E-state index in [-0.39, 0.29) is 12.0 Å². The van der Waals surface area contributed by atoms with Gasteiger partial charge in [-0.2, -0.15) is 0 Å². The van der Waals surface area contributed by atoms with Crippen LogP contribution in [0, 0.1) is 0 Å². The molecule has 1 aliphatic heterocycles. The maximum atomic E-state index is 12.5. The molecule has 0 aliphatic carbocycles. The molecule has 126 valence electrons. The number of nitrogens with zero attached hydrogens (tertiary/aromatic N) is 3. The molecule has 0 atom stereocenters. The third kappa shape index (κ3) is 4.61. The quantitative estimate of drug-likeness (QED) is 0.831. The summed E-state index contributed by atoms with van der Waals surface area (Å²) in [5.41, 5.74) is 1.05. The maximum absolute atomic E-state index is 12.5. The molecule has 0 bridgehead atoms. The van der Waals surface area contributed by atoms with Crippen molar-refractivity contribution in [2.24, 2.45) is 0 Å². The van der Waals surface area contributed by atoms with Crippen LogP contribution in [-0.2, 0) is 9.53 Å². The fourth-order valence-corrected chi connectivity index (χ4v) is 2.64. The van der Waals surface area contributed by atoms with Crippen molar-refractivity contribution >= 4 is 17.7 Å². The van der Waals surface area contributed by atoms with Gasteiger partial charge in [-0.05, 0) is 26.0 Å². The predicted molar refractivity (Wildman–Crippen MR) is 89.5 cm³/mol. The first-order valence-corrected chi connectivity index (χ1v) is 8.15. The van der Waals surface area contributed by atoms with Gasteiger partial charge in [0, 0.05) is 38.4 Å². The molecule has 6 nitrogen and oxygen atoms in total. The first kappa shape index (κ1) is 17.1. The Labute approximate surface area is 137 Å². The molecular formula is C17H25N3O3. The average Bonchev–Trinajstić information content (AvgIpc) is 2.60. The summed E-state index contributed by atoms with van der Waals surface area (Å²) in [5.74, 6) is 0.0965. The van der Waals surface area contributed by atoms with Crippen molar-refractivity contribution in [1.82, 2.24) is 9.80 Å². The van der Waals surface area contributed by atoms with Gasteiger partial charge >= 0.3 is 6.09 Å². The highest BCUT2D eigenvalue weighted by atomic mass is 16.6. The molecular weight excluding hydrogens is 294 g/mol. The standard InChI is InChI=1S/C17H25N3O3/c1-3-18(15-8-6-5-7-9-15)14-16(21)19-10-12-20(13-11-19)17(22)23-4-2/h5-9H,3-4,10-14H2,1-2H3. The summed E-state index contributed by atoms with van der Waals surface area (Å²) in [6.07, 6.45) is -0.293. The normalized spacial score (nSPS) is 14.5. The molecule has 1 fully saturated rings. The monoisotopic (exact) mass is 319 g/mol. The largest absolute Gasteiger partial charge is 0.450 e. The summed E-state index contributed by atoms with van der Waals surface area (Å²) in [6, 6.07) is 9.93. The number of anilines is 1. The zero-order valence-corrected chi connectivity index (χ0v) is 13.9. The van der Waals surface area contributed by atoms with Gasteiger partial charge in [0.05, 0.1) is 13.2 Å². The summed E-state index contributed by atoms with van der Waals surface area (Å²) in [4.78, 5) is 29.7. The van der Waals surface area contributed by atoms with Crippen LogP contribution in [0.3, 0.4) is 0 Å². The minimum atomic E-state index is -0.293. The summed E-state index contributed by atoms with van der Waals surface area (Å²) < 4.78 is 4.99. The van der Waals surface area contributed by atoms with E-state index in [0.717, 1.165) is 12.2 Å². The first-order chi connectivity index (χ1) is 11.2. The molecule has 2 amide bonds. The van der Waals surface area contributed by atoms with Gasteiger partial charge in [-0.1, -0.05) is 18.2 Å². The molecule has 0 unspecified atom stereocenters. The Bertz CT molecular complexity index is 513. The minimum Gasteiger partial charge on any atom is -0.450 e. The number of para-hydroxylation sites is 1. The van der Waals surface area contributed by atoms with Gasteiger partial charge in [-0.3, -0.25) is 4.79 Å². The number of amides is 2. The Kier molecular flexibility index (Phi) is 6.26. The van der Waals surface area contributed by atoms with Crippen LogP contribution in [-0.4, -0.2) is 67.7 Å². The number of hydrogen-bond donors (Lipinski definition) is 0. The number of carbonyl (C=O) groups excluding carboxylic acids is 2. The molecule has 0 radical (unpaired) electrons. The highest BCUT2D eigenvalue weighted by molar-refractivity contribution is 5.82. The van der Waals surface area contributed by atoms with Crippen molar-refractivity contribution in [3.8, 4) is 0 Å². The molecule has 0 aromatic heterocycles. The van der Waals surface area contributed by atoms with Crippen molar-refractivity contribution in [2.75, 3.05) is 50.8 Å². The van der Waals surface area contributed by atoms with Crippen molar-refractivity contribution < 1.29 is 14.3 Å². The number of piperazine rings is 1. The molecule has 1 saturated heterocycles. The van der Waals surface area contributed by atoms with Gasteiger partial charge in [0.15, 0.2) is 0 Å². The van der Waals surface area contributed by atoms with E-state index in [2.05, 4.69) is 4.90 Å². The topological polar surface area (TPSA) is 53.1 Å². The Hall–Kier alpha value is -2.24. The summed E-state index contributed by atoms with van der Waals surface area (Å²) >= 11 is 0. The van der Waals surface area contributed by atoms with Crippen LogP contribution in [0.15, 0.2) is 30.3 Å². The van der Waals surface area contributed by atoms with Gasteiger partial charge in [-0.25, -0.2) is 4.79 Å². The fourth-order valence-electron chi connectivity index (χ4n) is 2.64. The van der Waals surface area contributed by atoms with Crippen LogP contribution in [0.2, 0.25) is 0 Å². The molecule has 6 heteroatoms. The Morgan fingerprint density at radius 3 is 2.22 bits per heavy atom. The lowest BCUT2D eigenvalue weighted by molar-refractivity contribution is -0.131. The van der Waals surface area contributed by atoms with E-state index in [1.54, 1.807) is 11.8 Å². The number of likely N-dealkylation sites (N-methyl/N-ethyl adjacent to an activating group) is 1. The van der Waals surface area contributed by atoms with E-state index < -0.39 is 0 Å². The van der Waals surface area contributed by atoms with E-state index >= 15 is 0 Å². The molecule has 0 spiro atoms. The van der Waals surface area contributed by atoms with Crippen molar-refractivity contribution in [2.45, 2.75) is 13.8 Å². The van der Waals surface area contributed by atoms with E-state index in [4.69, 9.17) is 4.74 Å². The molecule has 1 aromatic rings. The molecule has 1 aliphatic rings. The van der Waals surface area contributed by atoms with Crippen molar-refractivity contribution in [1.29, 1.82) is 0 Å². The van der Waals surface area contributed by atoms with Crippen LogP contribution < -0.4 is 4.90 Å². The molecule has 0 saturated carbocycles. The van der Waals surface area contributed by atoms with Crippen LogP contribution in [0.4, 0.5) is 10.5 Å². The summed E-state index contributed by atoms with van der Waals surface area (Å²) in [6.45, 7) is 7.52. The molecule has 1 heterocycles. The summed E-state index contributed by atoms with van der Waals surface area (Å²) in [7, 11) is 0. The van der Waals surface area contributed by atoms with Crippen molar-refractivity contribution in [3.05, 3.63) is 30.3 Å². The maximum Gasteiger partial charge on any atom is 0.409 e. The number of benzene rings is 1. The second-order valence-corrected chi connectivity index (χ2v) is 5.42. The van der Waals surface area contributed by atoms with Crippen LogP contribution in [0.25, 0.3) is 0 Å². The number of carbonyl (C=O) groups is 2. The Morgan fingerprint density at radius 2 is 1.65 bits per heavy atom. The van der Waals surface area contributed by atoms with Crippen LogP contribution in [0.1, 0.15) is 13.8 Å². The van der Waals surface area contributed by atoms with Crippen LogP contribution in [0.5, 0.6) is 0 Å². The van der Waals surface area contributed by atoms with E-state index in [9.17, 15) is 9.59 Å². The van der Waals surface area contributed by atoms with Gasteiger partial charge < -0.3 is 19.4 Å². The first-order valence-electron chi connectivity index (χ1n) is 8.15. The third-order valence-electron chi connectivity index (χ3n) is 3.99. The average molecular weight is 319 g/mol. The lowest BCUT2D eigenvalue weighted by Crippen LogP contribution is -2.52. The Morgan fingerprint density at radius 1 is 1.04 bits per heavy atom. The van der Waals surface area contributed by atoms with E-state index in [1.165, 1.54) is 0 Å². The molecule has 2 rings (SSSR count). The van der Waals surface area contributed by atoms with Gasteiger partial charge in [0.2, 0.25) is 5.91 Å². The zero-order chi connectivity index (χ0) is 16.7. The number of ether oxygens (including phenoxy) is 1. The molecule has 1 aromatic carbocycles.